The summed E-state index contributed by atoms with van der Waals surface area (Å²) < 4.78 is 5.98. The van der Waals surface area contributed by atoms with Gasteiger partial charge in [-0.25, -0.2) is 0 Å². The zero-order chi connectivity index (χ0) is 17.7. The van der Waals surface area contributed by atoms with E-state index in [0.717, 1.165) is 21.7 Å². The Kier molecular flexibility index (Phi) is 3.53. The second-order valence-corrected chi connectivity index (χ2v) is 6.85. The van der Waals surface area contributed by atoms with Crippen molar-refractivity contribution in [3.05, 3.63) is 47.7 Å². The van der Waals surface area contributed by atoms with E-state index < -0.39 is 11.9 Å². The summed E-state index contributed by atoms with van der Waals surface area (Å²) in [5.74, 6) is -1.35. The van der Waals surface area contributed by atoms with Gasteiger partial charge in [0.25, 0.3) is 5.91 Å². The molecule has 0 spiro atoms. The predicted octanol–water partition coefficient (Wildman–Crippen LogP) is 3.69. The summed E-state index contributed by atoms with van der Waals surface area (Å²) in [5, 5.41) is 12.2. The Labute approximate surface area is 144 Å². The van der Waals surface area contributed by atoms with Gasteiger partial charge in [-0.3, -0.25) is 9.59 Å². The van der Waals surface area contributed by atoms with Gasteiger partial charge in [0.05, 0.1) is 5.92 Å². The largest absolute Gasteiger partial charge is 0.481 e. The van der Waals surface area contributed by atoms with Crippen LogP contribution in [-0.2, 0) is 4.79 Å². The molecule has 1 N–H and O–H groups in total. The predicted molar refractivity (Wildman–Crippen MR) is 94.7 cm³/mol. The molecule has 0 saturated carbocycles. The molecule has 0 bridgehead atoms. The summed E-state index contributed by atoms with van der Waals surface area (Å²) in [6.07, 6.45) is 0. The highest BCUT2D eigenvalue weighted by Gasteiger charge is 2.38. The molecule has 128 valence electrons. The molecule has 2 aromatic carbocycles. The molecule has 1 aromatic heterocycles. The third kappa shape index (κ3) is 2.38. The van der Waals surface area contributed by atoms with E-state index >= 15 is 0 Å². The van der Waals surface area contributed by atoms with Crippen molar-refractivity contribution in [2.45, 2.75) is 13.8 Å². The molecule has 1 aliphatic rings. The van der Waals surface area contributed by atoms with Crippen LogP contribution in [0, 0.1) is 18.8 Å². The zero-order valence-corrected chi connectivity index (χ0v) is 14.2. The van der Waals surface area contributed by atoms with Crippen LogP contribution >= 0.6 is 0 Å². The Hall–Kier alpha value is -2.82. The lowest BCUT2D eigenvalue weighted by atomic mass is 9.99. The van der Waals surface area contributed by atoms with Gasteiger partial charge in [-0.05, 0) is 18.2 Å². The Morgan fingerprint density at radius 3 is 2.60 bits per heavy atom. The van der Waals surface area contributed by atoms with Crippen LogP contribution in [-0.4, -0.2) is 35.0 Å². The van der Waals surface area contributed by atoms with E-state index in [1.807, 2.05) is 50.2 Å². The SMILES string of the molecule is Cc1c(C(=O)N2C[C@@H](C)[C@H](C(=O)O)C2)oc2c1ccc1ccccc12. The number of hydrogen-bond acceptors (Lipinski definition) is 3. The Morgan fingerprint density at radius 1 is 1.12 bits per heavy atom. The van der Waals surface area contributed by atoms with E-state index in [9.17, 15) is 14.7 Å². The average Bonchev–Trinajstić information content (AvgIpc) is 3.15. The Morgan fingerprint density at radius 2 is 1.88 bits per heavy atom. The van der Waals surface area contributed by atoms with Crippen LogP contribution in [0.15, 0.2) is 40.8 Å². The third-order valence-corrected chi connectivity index (χ3v) is 5.24. The van der Waals surface area contributed by atoms with Crippen LogP contribution in [0.2, 0.25) is 0 Å². The highest BCUT2D eigenvalue weighted by molar-refractivity contribution is 6.09. The first-order chi connectivity index (χ1) is 12.0. The lowest BCUT2D eigenvalue weighted by Crippen LogP contribution is -2.30. The normalized spacial score (nSPS) is 20.5. The van der Waals surface area contributed by atoms with Gasteiger partial charge in [0.2, 0.25) is 0 Å². The molecular formula is C20H19NO4. The van der Waals surface area contributed by atoms with Gasteiger partial charge in [0, 0.05) is 29.4 Å². The number of hydrogen-bond donors (Lipinski definition) is 1. The fourth-order valence-electron chi connectivity index (χ4n) is 3.75. The number of furan rings is 1. The molecule has 0 unspecified atom stereocenters. The number of carboxylic acid groups (broad SMARTS) is 1. The molecule has 1 amide bonds. The Balaban J connectivity index is 1.77. The minimum absolute atomic E-state index is 0.0630. The van der Waals surface area contributed by atoms with Gasteiger partial charge in [0.15, 0.2) is 5.76 Å². The van der Waals surface area contributed by atoms with Crippen LogP contribution in [0.4, 0.5) is 0 Å². The van der Waals surface area contributed by atoms with Gasteiger partial charge >= 0.3 is 5.97 Å². The van der Waals surface area contributed by atoms with Crippen LogP contribution in [0.5, 0.6) is 0 Å². The molecule has 0 aliphatic carbocycles. The van der Waals surface area contributed by atoms with Crippen LogP contribution < -0.4 is 0 Å². The van der Waals surface area contributed by atoms with Crippen molar-refractivity contribution >= 4 is 33.6 Å². The standard InChI is InChI=1S/C20H19NO4/c1-11-9-21(10-16(11)20(23)24)19(22)17-12(2)14-8-7-13-5-3-4-6-15(13)18(14)25-17/h3-8,11,16H,9-10H2,1-2H3,(H,23,24)/t11-,16-/m1/s1. The first-order valence-electron chi connectivity index (χ1n) is 8.40. The van der Waals surface area contributed by atoms with Crippen LogP contribution in [0.1, 0.15) is 23.0 Å². The summed E-state index contributed by atoms with van der Waals surface area (Å²) in [7, 11) is 0. The molecule has 3 aromatic rings. The number of carbonyl (C=O) groups is 2. The summed E-state index contributed by atoms with van der Waals surface area (Å²) >= 11 is 0. The van der Waals surface area contributed by atoms with Crippen molar-refractivity contribution in [2.24, 2.45) is 11.8 Å². The maximum absolute atomic E-state index is 12.9. The van der Waals surface area contributed by atoms with Crippen LogP contribution in [0.25, 0.3) is 21.7 Å². The topological polar surface area (TPSA) is 70.8 Å². The minimum atomic E-state index is -0.852. The fourth-order valence-corrected chi connectivity index (χ4v) is 3.75. The van der Waals surface area contributed by atoms with E-state index in [4.69, 9.17) is 4.42 Å². The van der Waals surface area contributed by atoms with E-state index in [1.54, 1.807) is 4.90 Å². The molecule has 2 heterocycles. The summed E-state index contributed by atoms with van der Waals surface area (Å²) in [4.78, 5) is 25.8. The first-order valence-corrected chi connectivity index (χ1v) is 8.40. The van der Waals surface area contributed by atoms with E-state index in [-0.39, 0.29) is 18.4 Å². The zero-order valence-electron chi connectivity index (χ0n) is 14.2. The van der Waals surface area contributed by atoms with Crippen molar-refractivity contribution < 1.29 is 19.1 Å². The summed E-state index contributed by atoms with van der Waals surface area (Å²) in [6.45, 7) is 4.41. The number of carboxylic acids is 1. The van der Waals surface area contributed by atoms with Gasteiger partial charge in [-0.15, -0.1) is 0 Å². The van der Waals surface area contributed by atoms with E-state index in [0.29, 0.717) is 17.9 Å². The molecule has 1 aliphatic heterocycles. The molecular weight excluding hydrogens is 318 g/mol. The Bertz CT molecular complexity index is 1000. The van der Waals surface area contributed by atoms with Gasteiger partial charge in [0.1, 0.15) is 5.58 Å². The number of amides is 1. The average molecular weight is 337 g/mol. The molecule has 1 fully saturated rings. The molecule has 4 rings (SSSR count). The lowest BCUT2D eigenvalue weighted by Gasteiger charge is -2.14. The number of carbonyl (C=O) groups excluding carboxylic acids is 1. The molecule has 2 atom stereocenters. The number of nitrogens with zero attached hydrogens (tertiary/aromatic N) is 1. The van der Waals surface area contributed by atoms with Crippen molar-refractivity contribution in [3.8, 4) is 0 Å². The quantitative estimate of drug-likeness (QED) is 0.774. The first kappa shape index (κ1) is 15.7. The fraction of sp³-hybridized carbons (Fsp3) is 0.300. The van der Waals surface area contributed by atoms with Crippen molar-refractivity contribution in [2.75, 3.05) is 13.1 Å². The molecule has 5 heteroatoms. The molecule has 5 nitrogen and oxygen atoms in total. The second kappa shape index (κ2) is 5.62. The number of aliphatic carboxylic acids is 1. The maximum atomic E-state index is 12.9. The van der Waals surface area contributed by atoms with Crippen LogP contribution in [0.3, 0.4) is 0 Å². The van der Waals surface area contributed by atoms with Gasteiger partial charge in [-0.1, -0.05) is 43.3 Å². The number of rotatable bonds is 2. The molecule has 0 radical (unpaired) electrons. The number of aryl methyl sites for hydroxylation is 1. The van der Waals surface area contributed by atoms with E-state index in [1.165, 1.54) is 0 Å². The van der Waals surface area contributed by atoms with Crippen molar-refractivity contribution in [3.63, 3.8) is 0 Å². The second-order valence-electron chi connectivity index (χ2n) is 6.85. The highest BCUT2D eigenvalue weighted by Crippen LogP contribution is 2.33. The summed E-state index contributed by atoms with van der Waals surface area (Å²) in [5.41, 5.74) is 1.51. The monoisotopic (exact) mass is 337 g/mol. The highest BCUT2D eigenvalue weighted by atomic mass is 16.4. The summed E-state index contributed by atoms with van der Waals surface area (Å²) in [6, 6.07) is 11.9. The third-order valence-electron chi connectivity index (χ3n) is 5.24. The molecule has 25 heavy (non-hydrogen) atoms. The number of likely N-dealkylation sites (tertiary alicyclic amines) is 1. The molecule has 1 saturated heterocycles. The van der Waals surface area contributed by atoms with Crippen molar-refractivity contribution in [1.29, 1.82) is 0 Å². The number of fused-ring (bicyclic) bond motifs is 3. The smallest absolute Gasteiger partial charge is 0.308 e. The maximum Gasteiger partial charge on any atom is 0.308 e. The number of benzene rings is 2. The van der Waals surface area contributed by atoms with Gasteiger partial charge in [-0.2, -0.15) is 0 Å². The minimum Gasteiger partial charge on any atom is -0.481 e. The van der Waals surface area contributed by atoms with E-state index in [2.05, 4.69) is 0 Å². The van der Waals surface area contributed by atoms with Crippen molar-refractivity contribution in [1.82, 2.24) is 4.90 Å². The lowest BCUT2D eigenvalue weighted by molar-refractivity contribution is -0.142. The van der Waals surface area contributed by atoms with Gasteiger partial charge < -0.3 is 14.4 Å².